The van der Waals surface area contributed by atoms with Crippen LogP contribution in [0.1, 0.15) is 12.0 Å². The molecule has 0 aromatic heterocycles. The molecule has 2 N–H and O–H groups in total. The topological polar surface area (TPSA) is 136 Å². The number of benzene rings is 1. The second-order valence-corrected chi connectivity index (χ2v) is 4.67. The predicted octanol–water partition coefficient (Wildman–Crippen LogP) is 1.05. The summed E-state index contributed by atoms with van der Waals surface area (Å²) >= 11 is 0. The van der Waals surface area contributed by atoms with Crippen LogP contribution < -0.4 is 0 Å². The van der Waals surface area contributed by atoms with Gasteiger partial charge >= 0.3 is 11.9 Å². The Hall–Kier alpha value is -2.52. The van der Waals surface area contributed by atoms with E-state index in [0.29, 0.717) is 6.61 Å². The average molecular weight is 327 g/mol. The Balaban J connectivity index is 3.05. The van der Waals surface area contributed by atoms with Crippen LogP contribution in [0, 0.1) is 10.1 Å². The lowest BCUT2D eigenvalue weighted by Gasteiger charge is -2.25. The SMILES string of the molecule is COCCOCCC(C(=O)O)(C(=O)O)c1ccc([N+](=O)[O-])cc1. The van der Waals surface area contributed by atoms with E-state index in [0.717, 1.165) is 24.3 Å². The molecule has 0 saturated carbocycles. The van der Waals surface area contributed by atoms with Crippen LogP contribution in [0.3, 0.4) is 0 Å². The third-order valence-corrected chi connectivity index (χ3v) is 3.35. The molecule has 0 saturated heterocycles. The van der Waals surface area contributed by atoms with Crippen molar-refractivity contribution in [2.75, 3.05) is 26.9 Å². The molecule has 0 aliphatic rings. The number of nitrogens with zero attached hydrogens (tertiary/aromatic N) is 1. The van der Waals surface area contributed by atoms with Crippen molar-refractivity contribution in [2.45, 2.75) is 11.8 Å². The van der Waals surface area contributed by atoms with Gasteiger partial charge < -0.3 is 19.7 Å². The van der Waals surface area contributed by atoms with Gasteiger partial charge in [0, 0.05) is 32.3 Å². The van der Waals surface area contributed by atoms with Crippen molar-refractivity contribution >= 4 is 17.6 Å². The number of methoxy groups -OCH3 is 1. The van der Waals surface area contributed by atoms with Crippen molar-refractivity contribution in [1.29, 1.82) is 0 Å². The molecule has 9 heteroatoms. The lowest BCUT2D eigenvalue weighted by molar-refractivity contribution is -0.384. The molecule has 0 spiro atoms. The third kappa shape index (κ3) is 4.24. The summed E-state index contributed by atoms with van der Waals surface area (Å²) in [7, 11) is 1.47. The number of rotatable bonds is 10. The molecule has 1 aromatic rings. The summed E-state index contributed by atoms with van der Waals surface area (Å²) in [4.78, 5) is 33.2. The smallest absolute Gasteiger partial charge is 0.325 e. The van der Waals surface area contributed by atoms with E-state index >= 15 is 0 Å². The number of carbonyl (C=O) groups is 2. The summed E-state index contributed by atoms with van der Waals surface area (Å²) < 4.78 is 9.92. The first-order valence-corrected chi connectivity index (χ1v) is 6.64. The van der Waals surface area contributed by atoms with Gasteiger partial charge in [-0.3, -0.25) is 19.7 Å². The van der Waals surface area contributed by atoms with Crippen LogP contribution >= 0.6 is 0 Å². The number of aliphatic carboxylic acids is 2. The zero-order valence-corrected chi connectivity index (χ0v) is 12.4. The van der Waals surface area contributed by atoms with Crippen molar-refractivity contribution in [3.05, 3.63) is 39.9 Å². The van der Waals surface area contributed by atoms with Crippen molar-refractivity contribution in [1.82, 2.24) is 0 Å². The summed E-state index contributed by atoms with van der Waals surface area (Å²) in [5.41, 5.74) is -2.55. The van der Waals surface area contributed by atoms with Crippen LogP contribution in [0.25, 0.3) is 0 Å². The Morgan fingerprint density at radius 2 is 1.70 bits per heavy atom. The summed E-state index contributed by atoms with van der Waals surface area (Å²) in [6.07, 6.45) is -0.320. The van der Waals surface area contributed by atoms with Crippen LogP contribution in [0.5, 0.6) is 0 Å². The van der Waals surface area contributed by atoms with Crippen molar-refractivity contribution in [3.63, 3.8) is 0 Å². The van der Waals surface area contributed by atoms with E-state index in [2.05, 4.69) is 0 Å². The van der Waals surface area contributed by atoms with Crippen LogP contribution in [0.15, 0.2) is 24.3 Å². The Morgan fingerprint density at radius 3 is 2.13 bits per heavy atom. The molecule has 0 radical (unpaired) electrons. The van der Waals surface area contributed by atoms with E-state index < -0.39 is 22.3 Å². The maximum Gasteiger partial charge on any atom is 0.325 e. The molecular formula is C14H17NO8. The molecule has 1 aromatic carbocycles. The lowest BCUT2D eigenvalue weighted by Crippen LogP contribution is -2.44. The number of carboxylic acids is 2. The highest BCUT2D eigenvalue weighted by molar-refractivity contribution is 6.04. The van der Waals surface area contributed by atoms with Crippen LogP contribution in [0.4, 0.5) is 5.69 Å². The largest absolute Gasteiger partial charge is 0.480 e. The molecule has 0 aliphatic heterocycles. The van der Waals surface area contributed by atoms with Crippen molar-refractivity contribution in [2.24, 2.45) is 0 Å². The van der Waals surface area contributed by atoms with Gasteiger partial charge in [-0.25, -0.2) is 0 Å². The molecule has 0 heterocycles. The minimum absolute atomic E-state index is 0.0570. The van der Waals surface area contributed by atoms with Crippen LogP contribution in [-0.2, 0) is 24.5 Å². The maximum absolute atomic E-state index is 11.6. The number of nitro groups is 1. The van der Waals surface area contributed by atoms with Crippen molar-refractivity contribution in [3.8, 4) is 0 Å². The first kappa shape index (κ1) is 18.5. The van der Waals surface area contributed by atoms with Gasteiger partial charge in [-0.2, -0.15) is 0 Å². The molecule has 0 unspecified atom stereocenters. The third-order valence-electron chi connectivity index (χ3n) is 3.35. The van der Waals surface area contributed by atoms with E-state index in [1.54, 1.807) is 0 Å². The average Bonchev–Trinajstić information content (AvgIpc) is 2.50. The zero-order chi connectivity index (χ0) is 17.5. The van der Waals surface area contributed by atoms with E-state index in [4.69, 9.17) is 9.47 Å². The van der Waals surface area contributed by atoms with Crippen LogP contribution in [0.2, 0.25) is 0 Å². The second-order valence-electron chi connectivity index (χ2n) is 4.67. The van der Waals surface area contributed by atoms with Gasteiger partial charge in [0.2, 0.25) is 0 Å². The normalized spacial score (nSPS) is 11.2. The van der Waals surface area contributed by atoms with Gasteiger partial charge in [0.05, 0.1) is 18.1 Å². The molecule has 9 nitrogen and oxygen atoms in total. The molecular weight excluding hydrogens is 310 g/mol. The Morgan fingerprint density at radius 1 is 1.13 bits per heavy atom. The highest BCUT2D eigenvalue weighted by Crippen LogP contribution is 2.30. The molecule has 126 valence electrons. The highest BCUT2D eigenvalue weighted by atomic mass is 16.6. The molecule has 0 fully saturated rings. The Kier molecular flexibility index (Phi) is 6.61. The van der Waals surface area contributed by atoms with Crippen LogP contribution in [-0.4, -0.2) is 54.0 Å². The summed E-state index contributed by atoms with van der Waals surface area (Å²) in [6, 6.07) is 4.41. The summed E-state index contributed by atoms with van der Waals surface area (Å²) in [5, 5.41) is 29.5. The Bertz CT molecular complexity index is 555. The number of nitro benzene ring substituents is 1. The first-order chi connectivity index (χ1) is 10.9. The van der Waals surface area contributed by atoms with E-state index in [1.165, 1.54) is 7.11 Å². The van der Waals surface area contributed by atoms with E-state index in [1.807, 2.05) is 0 Å². The number of hydrogen-bond donors (Lipinski definition) is 2. The van der Waals surface area contributed by atoms with Gasteiger partial charge in [0.1, 0.15) is 0 Å². The van der Waals surface area contributed by atoms with Gasteiger partial charge in [-0.15, -0.1) is 0 Å². The van der Waals surface area contributed by atoms with Gasteiger partial charge in [0.15, 0.2) is 5.41 Å². The second kappa shape index (κ2) is 8.20. The fourth-order valence-corrected chi connectivity index (χ4v) is 2.03. The number of non-ortho nitro benzene ring substituents is 1. The van der Waals surface area contributed by atoms with E-state index in [-0.39, 0.29) is 30.9 Å². The fraction of sp³-hybridized carbons (Fsp3) is 0.429. The number of ether oxygens (including phenoxy) is 2. The molecule has 23 heavy (non-hydrogen) atoms. The minimum atomic E-state index is -2.23. The summed E-state index contributed by atoms with van der Waals surface area (Å²) in [6.45, 7) is 0.385. The first-order valence-electron chi connectivity index (χ1n) is 6.64. The molecule has 1 rings (SSSR count). The Labute approximate surface area is 131 Å². The highest BCUT2D eigenvalue weighted by Gasteiger charge is 2.48. The zero-order valence-electron chi connectivity index (χ0n) is 12.4. The lowest BCUT2D eigenvalue weighted by atomic mass is 9.77. The van der Waals surface area contributed by atoms with Gasteiger partial charge in [0.25, 0.3) is 5.69 Å². The van der Waals surface area contributed by atoms with Crippen molar-refractivity contribution < 1.29 is 34.2 Å². The fourth-order valence-electron chi connectivity index (χ4n) is 2.03. The monoisotopic (exact) mass is 327 g/mol. The molecule has 0 aliphatic carbocycles. The predicted molar refractivity (Wildman–Crippen MR) is 77.4 cm³/mol. The minimum Gasteiger partial charge on any atom is -0.480 e. The molecule has 0 atom stereocenters. The van der Waals surface area contributed by atoms with E-state index in [9.17, 15) is 29.9 Å². The number of carboxylic acid groups (broad SMARTS) is 2. The van der Waals surface area contributed by atoms with Gasteiger partial charge in [-0.05, 0) is 5.56 Å². The quantitative estimate of drug-likeness (QED) is 0.282. The van der Waals surface area contributed by atoms with Gasteiger partial charge in [-0.1, -0.05) is 12.1 Å². The maximum atomic E-state index is 11.6. The standard InChI is InChI=1S/C14H17NO8/c1-22-8-9-23-7-6-14(12(16)17,13(18)19)10-2-4-11(5-3-10)15(20)21/h2-5H,6-9H2,1H3,(H,16,17)(H,18,19). The molecule has 0 amide bonds. The summed E-state index contributed by atoms with van der Waals surface area (Å²) in [5.74, 6) is -3.12. The molecule has 0 bridgehead atoms. The number of hydrogen-bond acceptors (Lipinski definition) is 6.